The van der Waals surface area contributed by atoms with Gasteiger partial charge in [0, 0.05) is 43.8 Å². The highest BCUT2D eigenvalue weighted by Gasteiger charge is 2.30. The maximum atomic E-state index is 13.2. The van der Waals surface area contributed by atoms with Gasteiger partial charge in [-0.1, -0.05) is 11.6 Å². The lowest BCUT2D eigenvalue weighted by atomic mass is 9.96. The summed E-state index contributed by atoms with van der Waals surface area (Å²) < 4.78 is 37.8. The summed E-state index contributed by atoms with van der Waals surface area (Å²) in [6, 6.07) is 3.78. The number of amides is 3. The van der Waals surface area contributed by atoms with Gasteiger partial charge in [0.05, 0.1) is 11.3 Å². The molecule has 0 aromatic heterocycles. The average molecular weight is 461 g/mol. The normalized spacial score (nSPS) is 19.5. The molecular formula is C19H26ClFN4O4S. The number of rotatable bonds is 4. The molecule has 2 fully saturated rings. The van der Waals surface area contributed by atoms with Crippen LogP contribution >= 0.6 is 11.6 Å². The monoisotopic (exact) mass is 460 g/mol. The van der Waals surface area contributed by atoms with Crippen LogP contribution in [-0.2, 0) is 14.8 Å². The SMILES string of the molecule is CS(=O)(=O)N1CCC(NC(=O)N2CCC(C(=O)Nc3ccc(F)c(Cl)c3)CC2)CC1. The Morgan fingerprint density at radius 1 is 1.10 bits per heavy atom. The second-order valence-corrected chi connectivity index (χ2v) is 10.2. The molecule has 0 spiro atoms. The topological polar surface area (TPSA) is 98.8 Å². The molecule has 2 saturated heterocycles. The van der Waals surface area contributed by atoms with E-state index in [-0.39, 0.29) is 28.9 Å². The van der Waals surface area contributed by atoms with Gasteiger partial charge < -0.3 is 15.5 Å². The van der Waals surface area contributed by atoms with Crippen molar-refractivity contribution in [1.29, 1.82) is 0 Å². The van der Waals surface area contributed by atoms with E-state index in [0.29, 0.717) is 57.5 Å². The van der Waals surface area contributed by atoms with E-state index in [1.807, 2.05) is 0 Å². The summed E-state index contributed by atoms with van der Waals surface area (Å²) in [4.78, 5) is 26.6. The second-order valence-electron chi connectivity index (χ2n) is 7.77. The van der Waals surface area contributed by atoms with Crippen LogP contribution in [0.15, 0.2) is 18.2 Å². The van der Waals surface area contributed by atoms with E-state index < -0.39 is 15.8 Å². The molecule has 166 valence electrons. The molecule has 2 aliphatic rings. The van der Waals surface area contributed by atoms with E-state index in [0.717, 1.165) is 0 Å². The van der Waals surface area contributed by atoms with Crippen LogP contribution in [0.5, 0.6) is 0 Å². The lowest BCUT2D eigenvalue weighted by Gasteiger charge is -2.35. The number of halogens is 2. The quantitative estimate of drug-likeness (QED) is 0.720. The zero-order valence-corrected chi connectivity index (χ0v) is 18.3. The van der Waals surface area contributed by atoms with Crippen LogP contribution in [-0.4, -0.2) is 68.0 Å². The molecule has 0 bridgehead atoms. The number of anilines is 1. The molecule has 30 heavy (non-hydrogen) atoms. The fourth-order valence-electron chi connectivity index (χ4n) is 3.76. The molecule has 2 heterocycles. The largest absolute Gasteiger partial charge is 0.335 e. The molecule has 1 aromatic carbocycles. The number of urea groups is 1. The Kier molecular flexibility index (Phi) is 7.20. The average Bonchev–Trinajstić information content (AvgIpc) is 2.70. The summed E-state index contributed by atoms with van der Waals surface area (Å²) in [5.74, 6) is -0.960. The summed E-state index contributed by atoms with van der Waals surface area (Å²) in [7, 11) is -3.19. The first-order valence-electron chi connectivity index (χ1n) is 9.90. The second kappa shape index (κ2) is 9.49. The molecule has 0 radical (unpaired) electrons. The van der Waals surface area contributed by atoms with Gasteiger partial charge in [-0.25, -0.2) is 21.9 Å². The van der Waals surface area contributed by atoms with Crippen LogP contribution in [0.2, 0.25) is 5.02 Å². The van der Waals surface area contributed by atoms with Crippen molar-refractivity contribution in [1.82, 2.24) is 14.5 Å². The molecule has 2 N–H and O–H groups in total. The Bertz CT molecular complexity index is 898. The fraction of sp³-hybridized carbons (Fsp3) is 0.579. The van der Waals surface area contributed by atoms with Gasteiger partial charge in [0.2, 0.25) is 15.9 Å². The highest BCUT2D eigenvalue weighted by Crippen LogP contribution is 2.23. The molecule has 11 heteroatoms. The van der Waals surface area contributed by atoms with Gasteiger partial charge in [0.25, 0.3) is 0 Å². The van der Waals surface area contributed by atoms with Crippen LogP contribution in [0.4, 0.5) is 14.9 Å². The van der Waals surface area contributed by atoms with Crippen molar-refractivity contribution in [2.24, 2.45) is 5.92 Å². The van der Waals surface area contributed by atoms with Crippen molar-refractivity contribution in [3.63, 3.8) is 0 Å². The maximum Gasteiger partial charge on any atom is 0.317 e. The van der Waals surface area contributed by atoms with Gasteiger partial charge in [-0.3, -0.25) is 4.79 Å². The Morgan fingerprint density at radius 2 is 1.73 bits per heavy atom. The van der Waals surface area contributed by atoms with Gasteiger partial charge >= 0.3 is 6.03 Å². The fourth-order valence-corrected chi connectivity index (χ4v) is 4.82. The van der Waals surface area contributed by atoms with Crippen molar-refractivity contribution in [3.05, 3.63) is 29.0 Å². The molecule has 1 aromatic rings. The zero-order chi connectivity index (χ0) is 21.9. The number of benzene rings is 1. The van der Waals surface area contributed by atoms with Crippen molar-refractivity contribution in [3.8, 4) is 0 Å². The standard InChI is InChI=1S/C19H26ClFN4O4S/c1-30(28,29)25-10-6-14(7-11-25)23-19(27)24-8-4-13(5-9-24)18(26)22-15-2-3-17(21)16(20)12-15/h2-3,12-14H,4-11H2,1H3,(H,22,26)(H,23,27). The van der Waals surface area contributed by atoms with Crippen LogP contribution in [0.1, 0.15) is 25.7 Å². The van der Waals surface area contributed by atoms with Gasteiger partial charge in [-0.05, 0) is 43.9 Å². The predicted octanol–water partition coefficient (Wildman–Crippen LogP) is 2.26. The highest BCUT2D eigenvalue weighted by atomic mass is 35.5. The molecular weight excluding hydrogens is 435 g/mol. The highest BCUT2D eigenvalue weighted by molar-refractivity contribution is 7.88. The van der Waals surface area contributed by atoms with E-state index in [9.17, 15) is 22.4 Å². The Morgan fingerprint density at radius 3 is 2.30 bits per heavy atom. The van der Waals surface area contributed by atoms with Crippen LogP contribution in [0.25, 0.3) is 0 Å². The lowest BCUT2D eigenvalue weighted by molar-refractivity contribution is -0.121. The Balaban J connectivity index is 1.43. The molecule has 3 amide bonds. The van der Waals surface area contributed by atoms with Crippen molar-refractivity contribution in [2.75, 3.05) is 37.8 Å². The lowest BCUT2D eigenvalue weighted by Crippen LogP contribution is -2.52. The van der Waals surface area contributed by atoms with Gasteiger partial charge in [0.1, 0.15) is 5.82 Å². The third-order valence-corrected chi connectivity index (χ3v) is 7.18. The maximum absolute atomic E-state index is 13.2. The Labute approximate surface area is 180 Å². The van der Waals surface area contributed by atoms with Crippen LogP contribution in [0, 0.1) is 11.7 Å². The van der Waals surface area contributed by atoms with Crippen molar-refractivity contribution < 1.29 is 22.4 Å². The third-order valence-electron chi connectivity index (χ3n) is 5.59. The van der Waals surface area contributed by atoms with E-state index in [2.05, 4.69) is 10.6 Å². The number of nitrogens with one attached hydrogen (secondary N) is 2. The predicted molar refractivity (Wildman–Crippen MR) is 112 cm³/mol. The minimum absolute atomic E-state index is 0.0540. The first-order chi connectivity index (χ1) is 14.1. The minimum atomic E-state index is -3.19. The first kappa shape index (κ1) is 22.8. The number of piperidine rings is 2. The van der Waals surface area contributed by atoms with Gasteiger partial charge in [0.15, 0.2) is 0 Å². The van der Waals surface area contributed by atoms with Crippen LogP contribution < -0.4 is 10.6 Å². The van der Waals surface area contributed by atoms with Crippen molar-refractivity contribution in [2.45, 2.75) is 31.7 Å². The van der Waals surface area contributed by atoms with Crippen molar-refractivity contribution >= 4 is 39.2 Å². The summed E-state index contributed by atoms with van der Waals surface area (Å²) in [5.41, 5.74) is 0.437. The number of carbonyl (C=O) groups excluding carboxylic acids is 2. The van der Waals surface area contributed by atoms with Crippen LogP contribution in [0.3, 0.4) is 0 Å². The van der Waals surface area contributed by atoms with E-state index >= 15 is 0 Å². The molecule has 0 unspecified atom stereocenters. The van der Waals surface area contributed by atoms with E-state index in [1.54, 1.807) is 4.90 Å². The molecule has 8 nitrogen and oxygen atoms in total. The summed E-state index contributed by atoms with van der Waals surface area (Å²) in [6.45, 7) is 1.71. The zero-order valence-electron chi connectivity index (χ0n) is 16.7. The number of hydrogen-bond donors (Lipinski definition) is 2. The number of carbonyl (C=O) groups is 2. The summed E-state index contributed by atoms with van der Waals surface area (Å²) in [6.07, 6.45) is 3.41. The number of likely N-dealkylation sites (tertiary alicyclic amines) is 1. The third kappa shape index (κ3) is 5.83. The van der Waals surface area contributed by atoms with Gasteiger partial charge in [-0.2, -0.15) is 0 Å². The molecule has 0 atom stereocenters. The van der Waals surface area contributed by atoms with E-state index in [4.69, 9.17) is 11.6 Å². The molecule has 0 aliphatic carbocycles. The number of nitrogens with zero attached hydrogens (tertiary/aromatic N) is 2. The summed E-state index contributed by atoms with van der Waals surface area (Å²) in [5, 5.41) is 5.66. The van der Waals surface area contributed by atoms with E-state index in [1.165, 1.54) is 28.8 Å². The minimum Gasteiger partial charge on any atom is -0.335 e. The molecule has 0 saturated carbocycles. The first-order valence-corrected chi connectivity index (χ1v) is 12.1. The van der Waals surface area contributed by atoms with Gasteiger partial charge in [-0.15, -0.1) is 0 Å². The molecule has 2 aliphatic heterocycles. The number of sulfonamides is 1. The number of hydrogen-bond acceptors (Lipinski definition) is 4. The summed E-state index contributed by atoms with van der Waals surface area (Å²) >= 11 is 5.74. The Hall–Kier alpha value is -1.91. The molecule has 3 rings (SSSR count). The smallest absolute Gasteiger partial charge is 0.317 e.